The van der Waals surface area contributed by atoms with Crippen LogP contribution in [-0.2, 0) is 10.8 Å². The zero-order chi connectivity index (χ0) is 15.3. The van der Waals surface area contributed by atoms with Gasteiger partial charge in [-0.15, -0.1) is 0 Å². The highest BCUT2D eigenvalue weighted by Crippen LogP contribution is 2.18. The van der Waals surface area contributed by atoms with Gasteiger partial charge in [-0.3, -0.25) is 19.1 Å². The maximum atomic E-state index is 12.1. The smallest absolute Gasteiger partial charge is 0.288 e. The summed E-state index contributed by atoms with van der Waals surface area (Å²) in [7, 11) is 0.523. The van der Waals surface area contributed by atoms with Gasteiger partial charge in [0.2, 0.25) is 0 Å². The molecule has 2 unspecified atom stereocenters. The van der Waals surface area contributed by atoms with Crippen LogP contribution in [0.15, 0.2) is 12.3 Å². The van der Waals surface area contributed by atoms with Gasteiger partial charge in [-0.25, -0.2) is 4.98 Å². The van der Waals surface area contributed by atoms with Gasteiger partial charge in [-0.05, 0) is 6.92 Å². The molecule has 1 amide bonds. The Bertz CT molecular complexity index is 549. The molecule has 0 aliphatic rings. The number of carbonyl (C=O) groups is 1. The molecule has 2 atom stereocenters. The highest BCUT2D eigenvalue weighted by molar-refractivity contribution is 7.84. The van der Waals surface area contributed by atoms with Crippen LogP contribution in [0.2, 0.25) is 0 Å². The highest BCUT2D eigenvalue weighted by Gasteiger charge is 2.19. The van der Waals surface area contributed by atoms with E-state index in [4.69, 9.17) is 0 Å². The number of hydrogen-bond donors (Lipinski definition) is 2. The lowest BCUT2D eigenvalue weighted by Gasteiger charge is -2.13. The third-order valence-corrected chi connectivity index (χ3v) is 3.40. The van der Waals surface area contributed by atoms with Crippen molar-refractivity contribution in [3.05, 3.63) is 27.9 Å². The van der Waals surface area contributed by atoms with Crippen LogP contribution in [0, 0.1) is 10.1 Å². The number of anilines is 1. The number of hydrogen-bond acceptors (Lipinski definition) is 6. The lowest BCUT2D eigenvalue weighted by molar-refractivity contribution is -0.385. The fraction of sp³-hybridized carbons (Fsp3) is 0.455. The van der Waals surface area contributed by atoms with E-state index in [-0.39, 0.29) is 23.1 Å². The number of nitrogens with one attached hydrogen (secondary N) is 2. The van der Waals surface area contributed by atoms with Crippen LogP contribution in [0.4, 0.5) is 11.5 Å². The molecule has 0 aromatic carbocycles. The molecule has 0 bridgehead atoms. The van der Waals surface area contributed by atoms with E-state index in [1.807, 2.05) is 0 Å². The van der Waals surface area contributed by atoms with E-state index in [2.05, 4.69) is 15.6 Å². The zero-order valence-corrected chi connectivity index (χ0v) is 12.2. The molecule has 2 N–H and O–H groups in total. The minimum absolute atomic E-state index is 0.0791. The Labute approximate surface area is 118 Å². The highest BCUT2D eigenvalue weighted by atomic mass is 32.2. The number of nitrogens with zero attached hydrogens (tertiary/aromatic N) is 2. The molecular formula is C11H16N4O4S. The Balaban J connectivity index is 2.98. The Kier molecular flexibility index (Phi) is 5.56. The summed E-state index contributed by atoms with van der Waals surface area (Å²) >= 11 is 0. The van der Waals surface area contributed by atoms with Gasteiger partial charge in [0.05, 0.1) is 10.5 Å². The summed E-state index contributed by atoms with van der Waals surface area (Å²) < 4.78 is 11.1. The number of nitro groups is 1. The number of carbonyl (C=O) groups excluding carboxylic acids is 1. The standard InChI is InChI=1S/C11H16N4O4S/c1-7(6-20(3)19)14-11(16)9-4-8(15(17)18)5-13-10(9)12-2/h4-5,7H,6H2,1-3H3,(H,12,13)(H,14,16). The van der Waals surface area contributed by atoms with E-state index in [1.165, 1.54) is 6.26 Å². The summed E-state index contributed by atoms with van der Waals surface area (Å²) in [6.45, 7) is 1.71. The minimum Gasteiger partial charge on any atom is -0.372 e. The summed E-state index contributed by atoms with van der Waals surface area (Å²) in [4.78, 5) is 26.0. The van der Waals surface area contributed by atoms with E-state index in [0.717, 1.165) is 12.3 Å². The van der Waals surface area contributed by atoms with Crippen LogP contribution in [0.3, 0.4) is 0 Å². The minimum atomic E-state index is -1.04. The van der Waals surface area contributed by atoms with E-state index >= 15 is 0 Å². The van der Waals surface area contributed by atoms with Crippen LogP contribution in [-0.4, -0.2) is 45.1 Å². The average molecular weight is 300 g/mol. The van der Waals surface area contributed by atoms with Gasteiger partial charge in [0.25, 0.3) is 11.6 Å². The van der Waals surface area contributed by atoms with Crippen LogP contribution in [0.1, 0.15) is 17.3 Å². The summed E-state index contributed by atoms with van der Waals surface area (Å²) in [5.74, 6) is 0.0598. The van der Waals surface area contributed by atoms with Crippen LogP contribution >= 0.6 is 0 Å². The van der Waals surface area contributed by atoms with Crippen molar-refractivity contribution in [3.8, 4) is 0 Å². The lowest BCUT2D eigenvalue weighted by atomic mass is 10.2. The van der Waals surface area contributed by atoms with Crippen molar-refractivity contribution in [2.45, 2.75) is 13.0 Å². The van der Waals surface area contributed by atoms with Gasteiger partial charge in [0.1, 0.15) is 12.0 Å². The van der Waals surface area contributed by atoms with Gasteiger partial charge in [-0.2, -0.15) is 0 Å². The van der Waals surface area contributed by atoms with Crippen molar-refractivity contribution < 1.29 is 13.9 Å². The second-order valence-electron chi connectivity index (χ2n) is 4.21. The third-order valence-electron chi connectivity index (χ3n) is 2.43. The Morgan fingerprint density at radius 1 is 1.60 bits per heavy atom. The number of rotatable bonds is 6. The first-order valence-corrected chi connectivity index (χ1v) is 7.51. The van der Waals surface area contributed by atoms with Gasteiger partial charge in [-0.1, -0.05) is 0 Å². The molecule has 0 radical (unpaired) electrons. The van der Waals surface area contributed by atoms with Gasteiger partial charge < -0.3 is 10.6 Å². The normalized spacial score (nSPS) is 13.3. The SMILES string of the molecule is CNc1ncc([N+](=O)[O-])cc1C(=O)NC(C)CS(C)=O. The van der Waals surface area contributed by atoms with Crippen LogP contribution in [0.25, 0.3) is 0 Å². The van der Waals surface area contributed by atoms with Crippen molar-refractivity contribution in [3.63, 3.8) is 0 Å². The van der Waals surface area contributed by atoms with Gasteiger partial charge in [0.15, 0.2) is 0 Å². The molecule has 110 valence electrons. The van der Waals surface area contributed by atoms with Crippen molar-refractivity contribution in [1.29, 1.82) is 0 Å². The maximum Gasteiger partial charge on any atom is 0.288 e. The van der Waals surface area contributed by atoms with Crippen molar-refractivity contribution in [2.24, 2.45) is 0 Å². The molecule has 0 aliphatic carbocycles. The topological polar surface area (TPSA) is 114 Å². The number of pyridine rings is 1. The van der Waals surface area contributed by atoms with E-state index in [9.17, 15) is 19.1 Å². The van der Waals surface area contributed by atoms with E-state index in [0.29, 0.717) is 5.75 Å². The van der Waals surface area contributed by atoms with Crippen LogP contribution in [0.5, 0.6) is 0 Å². The van der Waals surface area contributed by atoms with Crippen molar-refractivity contribution in [1.82, 2.24) is 10.3 Å². The fourth-order valence-electron chi connectivity index (χ4n) is 1.62. The van der Waals surface area contributed by atoms with Gasteiger partial charge >= 0.3 is 0 Å². The second kappa shape index (κ2) is 6.94. The summed E-state index contributed by atoms with van der Waals surface area (Å²) in [5, 5.41) is 16.1. The van der Waals surface area contributed by atoms with Crippen LogP contribution < -0.4 is 10.6 Å². The molecule has 1 rings (SSSR count). The summed E-state index contributed by atoms with van der Waals surface area (Å²) in [6.07, 6.45) is 2.61. The molecule has 0 spiro atoms. The predicted molar refractivity (Wildman–Crippen MR) is 76.3 cm³/mol. The molecule has 0 saturated carbocycles. The first-order chi connectivity index (χ1) is 9.35. The summed E-state index contributed by atoms with van der Waals surface area (Å²) in [6, 6.07) is 0.848. The Hall–Kier alpha value is -2.03. The predicted octanol–water partition coefficient (Wildman–Crippen LogP) is 0.528. The molecule has 0 aliphatic heterocycles. The quantitative estimate of drug-likeness (QED) is 0.585. The van der Waals surface area contributed by atoms with Crippen molar-refractivity contribution in [2.75, 3.05) is 24.4 Å². The molecule has 8 nitrogen and oxygen atoms in total. The first kappa shape index (κ1) is 16.0. The van der Waals surface area contributed by atoms with Crippen molar-refractivity contribution >= 4 is 28.2 Å². The molecule has 0 saturated heterocycles. The van der Waals surface area contributed by atoms with E-state index < -0.39 is 21.6 Å². The molecule has 1 aromatic heterocycles. The molecule has 1 heterocycles. The zero-order valence-electron chi connectivity index (χ0n) is 11.4. The molecule has 0 fully saturated rings. The third kappa shape index (κ3) is 4.26. The number of amides is 1. The largest absolute Gasteiger partial charge is 0.372 e. The molecule has 9 heteroatoms. The maximum absolute atomic E-state index is 12.1. The van der Waals surface area contributed by atoms with Gasteiger partial charge in [0, 0.05) is 42.0 Å². The lowest BCUT2D eigenvalue weighted by Crippen LogP contribution is -2.36. The first-order valence-electron chi connectivity index (χ1n) is 5.78. The number of aromatic nitrogens is 1. The fourth-order valence-corrected chi connectivity index (χ4v) is 2.41. The average Bonchev–Trinajstić information content (AvgIpc) is 2.36. The Morgan fingerprint density at radius 3 is 2.75 bits per heavy atom. The Morgan fingerprint density at radius 2 is 2.25 bits per heavy atom. The second-order valence-corrected chi connectivity index (χ2v) is 5.69. The monoisotopic (exact) mass is 300 g/mol. The summed E-state index contributed by atoms with van der Waals surface area (Å²) in [5.41, 5.74) is -0.184. The van der Waals surface area contributed by atoms with E-state index in [1.54, 1.807) is 14.0 Å². The molecular weight excluding hydrogens is 284 g/mol. The molecule has 1 aromatic rings. The molecule has 20 heavy (non-hydrogen) atoms.